The lowest BCUT2D eigenvalue weighted by atomic mass is 9.89. The minimum atomic E-state index is -0.417. The van der Waals surface area contributed by atoms with Gasteiger partial charge in [-0.2, -0.15) is 0 Å². The van der Waals surface area contributed by atoms with Crippen LogP contribution in [0.15, 0.2) is 0 Å². The predicted octanol–water partition coefficient (Wildman–Crippen LogP) is 5.82. The molecule has 0 bridgehead atoms. The maximum Gasteiger partial charge on any atom is 0.310 e. The lowest BCUT2D eigenvalue weighted by Gasteiger charge is -2.21. The molecule has 1 aliphatic carbocycles. The highest BCUT2D eigenvalue weighted by Crippen LogP contribution is 2.26. The van der Waals surface area contributed by atoms with E-state index in [0.717, 1.165) is 38.5 Å². The largest absolute Gasteiger partial charge is 0.446 e. The number of alkyl halides is 1. The Morgan fingerprint density at radius 1 is 1.05 bits per heavy atom. The van der Waals surface area contributed by atoms with Gasteiger partial charge in [-0.05, 0) is 25.7 Å². The summed E-state index contributed by atoms with van der Waals surface area (Å²) < 4.78 is 5.36. The van der Waals surface area contributed by atoms with Crippen molar-refractivity contribution in [1.29, 1.82) is 0 Å². The molecule has 0 aromatic heterocycles. The molecule has 0 N–H and O–H groups in total. The molecular formula is C17H31ClO2. The SMILES string of the molecule is CCCCCCCCCC(Cl)OC(=O)C1CCCCC1. The summed E-state index contributed by atoms with van der Waals surface area (Å²) in [4.78, 5) is 11.9. The molecule has 0 aromatic carbocycles. The summed E-state index contributed by atoms with van der Waals surface area (Å²) in [6.45, 7) is 2.23. The average Bonchev–Trinajstić information content (AvgIpc) is 2.47. The lowest BCUT2D eigenvalue weighted by Crippen LogP contribution is -2.23. The van der Waals surface area contributed by atoms with Crippen molar-refractivity contribution in [3.8, 4) is 0 Å². The molecule has 0 amide bonds. The summed E-state index contributed by atoms with van der Waals surface area (Å²) in [7, 11) is 0. The van der Waals surface area contributed by atoms with Crippen molar-refractivity contribution in [1.82, 2.24) is 0 Å². The molecule has 1 saturated carbocycles. The van der Waals surface area contributed by atoms with Crippen LogP contribution in [-0.2, 0) is 9.53 Å². The molecule has 0 aliphatic heterocycles. The van der Waals surface area contributed by atoms with Crippen molar-refractivity contribution in [3.05, 3.63) is 0 Å². The van der Waals surface area contributed by atoms with Gasteiger partial charge in [0.25, 0.3) is 0 Å². The van der Waals surface area contributed by atoms with Crippen molar-refractivity contribution < 1.29 is 9.53 Å². The zero-order chi connectivity index (χ0) is 14.6. The molecule has 1 rings (SSSR count). The van der Waals surface area contributed by atoms with E-state index in [4.69, 9.17) is 16.3 Å². The Balaban J connectivity index is 1.99. The molecule has 118 valence electrons. The van der Waals surface area contributed by atoms with Crippen molar-refractivity contribution in [2.75, 3.05) is 0 Å². The van der Waals surface area contributed by atoms with Gasteiger partial charge in [-0.25, -0.2) is 0 Å². The van der Waals surface area contributed by atoms with Crippen LogP contribution in [0.3, 0.4) is 0 Å². The monoisotopic (exact) mass is 302 g/mol. The molecule has 0 saturated heterocycles. The third-order valence-electron chi connectivity index (χ3n) is 4.22. The first-order chi connectivity index (χ1) is 9.74. The van der Waals surface area contributed by atoms with E-state index < -0.39 is 5.56 Å². The first-order valence-corrected chi connectivity index (χ1v) is 9.02. The minimum Gasteiger partial charge on any atom is -0.446 e. The fourth-order valence-corrected chi connectivity index (χ4v) is 3.12. The second-order valence-electron chi connectivity index (χ2n) is 6.09. The van der Waals surface area contributed by atoms with Crippen molar-refractivity contribution in [2.45, 2.75) is 96.0 Å². The molecule has 1 atom stereocenters. The number of hydrogen-bond donors (Lipinski definition) is 0. The van der Waals surface area contributed by atoms with Gasteiger partial charge in [-0.1, -0.05) is 76.3 Å². The smallest absolute Gasteiger partial charge is 0.310 e. The van der Waals surface area contributed by atoms with Gasteiger partial charge < -0.3 is 4.74 Å². The van der Waals surface area contributed by atoms with E-state index in [2.05, 4.69) is 6.92 Å². The first-order valence-electron chi connectivity index (χ1n) is 8.58. The molecule has 0 radical (unpaired) electrons. The van der Waals surface area contributed by atoms with Crippen LogP contribution in [0.1, 0.15) is 90.4 Å². The van der Waals surface area contributed by atoms with E-state index in [1.54, 1.807) is 0 Å². The van der Waals surface area contributed by atoms with Gasteiger partial charge in [0, 0.05) is 0 Å². The van der Waals surface area contributed by atoms with Gasteiger partial charge >= 0.3 is 5.97 Å². The zero-order valence-electron chi connectivity index (χ0n) is 13.0. The van der Waals surface area contributed by atoms with E-state index in [1.807, 2.05) is 0 Å². The van der Waals surface area contributed by atoms with Crippen LogP contribution in [0.5, 0.6) is 0 Å². The second-order valence-corrected chi connectivity index (χ2v) is 6.58. The molecule has 0 heterocycles. The normalized spacial score (nSPS) is 17.9. The molecular weight excluding hydrogens is 272 g/mol. The Hall–Kier alpha value is -0.240. The van der Waals surface area contributed by atoms with Gasteiger partial charge in [-0.3, -0.25) is 4.79 Å². The number of rotatable bonds is 10. The summed E-state index contributed by atoms with van der Waals surface area (Å²) in [5.74, 6) is 0.0479. The Morgan fingerprint density at radius 3 is 2.30 bits per heavy atom. The number of hydrogen-bond acceptors (Lipinski definition) is 2. The number of ether oxygens (including phenoxy) is 1. The van der Waals surface area contributed by atoms with E-state index in [1.165, 1.54) is 44.9 Å². The summed E-state index contributed by atoms with van der Waals surface area (Å²) in [6.07, 6.45) is 15.2. The van der Waals surface area contributed by atoms with E-state index in [0.29, 0.717) is 0 Å². The third-order valence-corrected chi connectivity index (χ3v) is 4.52. The molecule has 2 nitrogen and oxygen atoms in total. The van der Waals surface area contributed by atoms with Crippen LogP contribution in [0.4, 0.5) is 0 Å². The molecule has 1 fully saturated rings. The molecule has 3 heteroatoms. The minimum absolute atomic E-state index is 0.0624. The van der Waals surface area contributed by atoms with Crippen LogP contribution in [0.2, 0.25) is 0 Å². The highest BCUT2D eigenvalue weighted by atomic mass is 35.5. The van der Waals surface area contributed by atoms with Gasteiger partial charge in [0.2, 0.25) is 0 Å². The standard InChI is InChI=1S/C17H31ClO2/c1-2-3-4-5-6-7-11-14-16(18)20-17(19)15-12-9-8-10-13-15/h15-16H,2-14H2,1H3. The summed E-state index contributed by atoms with van der Waals surface area (Å²) in [5, 5.41) is 0. The predicted molar refractivity (Wildman–Crippen MR) is 84.9 cm³/mol. The number of carbonyl (C=O) groups is 1. The Kier molecular flexibility index (Phi) is 10.2. The van der Waals surface area contributed by atoms with Crippen molar-refractivity contribution in [2.24, 2.45) is 5.92 Å². The molecule has 1 unspecified atom stereocenters. The van der Waals surface area contributed by atoms with Gasteiger partial charge in [-0.15, -0.1) is 0 Å². The first kappa shape index (κ1) is 17.8. The highest BCUT2D eigenvalue weighted by molar-refractivity contribution is 6.20. The Morgan fingerprint density at radius 2 is 1.65 bits per heavy atom. The van der Waals surface area contributed by atoms with Crippen LogP contribution in [0.25, 0.3) is 0 Å². The molecule has 1 aliphatic rings. The third kappa shape index (κ3) is 8.14. The second kappa shape index (κ2) is 11.4. The van der Waals surface area contributed by atoms with E-state index in [-0.39, 0.29) is 11.9 Å². The zero-order valence-corrected chi connectivity index (χ0v) is 13.8. The number of esters is 1. The maximum atomic E-state index is 11.9. The Labute approximate surface area is 129 Å². The average molecular weight is 303 g/mol. The van der Waals surface area contributed by atoms with E-state index in [9.17, 15) is 4.79 Å². The van der Waals surface area contributed by atoms with Crippen molar-refractivity contribution >= 4 is 17.6 Å². The van der Waals surface area contributed by atoms with Crippen LogP contribution < -0.4 is 0 Å². The maximum absolute atomic E-state index is 11.9. The van der Waals surface area contributed by atoms with Crippen LogP contribution in [-0.4, -0.2) is 11.5 Å². The topological polar surface area (TPSA) is 26.3 Å². The summed E-state index contributed by atoms with van der Waals surface area (Å²) in [6, 6.07) is 0. The molecule has 20 heavy (non-hydrogen) atoms. The quantitative estimate of drug-likeness (QED) is 0.289. The Bertz CT molecular complexity index is 249. The number of carbonyl (C=O) groups excluding carboxylic acids is 1. The number of halogens is 1. The fraction of sp³-hybridized carbons (Fsp3) is 0.941. The number of unbranched alkanes of at least 4 members (excludes halogenated alkanes) is 6. The van der Waals surface area contributed by atoms with Crippen LogP contribution in [0, 0.1) is 5.92 Å². The van der Waals surface area contributed by atoms with Crippen molar-refractivity contribution in [3.63, 3.8) is 0 Å². The lowest BCUT2D eigenvalue weighted by molar-refractivity contribution is -0.151. The van der Waals surface area contributed by atoms with Crippen LogP contribution >= 0.6 is 11.6 Å². The van der Waals surface area contributed by atoms with Gasteiger partial charge in [0.15, 0.2) is 5.56 Å². The fourth-order valence-electron chi connectivity index (χ4n) is 2.88. The van der Waals surface area contributed by atoms with Gasteiger partial charge in [0.1, 0.15) is 0 Å². The summed E-state index contributed by atoms with van der Waals surface area (Å²) in [5.41, 5.74) is -0.417. The summed E-state index contributed by atoms with van der Waals surface area (Å²) >= 11 is 6.11. The van der Waals surface area contributed by atoms with Gasteiger partial charge in [0.05, 0.1) is 5.92 Å². The highest BCUT2D eigenvalue weighted by Gasteiger charge is 2.24. The van der Waals surface area contributed by atoms with E-state index >= 15 is 0 Å². The molecule has 0 aromatic rings. The molecule has 0 spiro atoms.